The summed E-state index contributed by atoms with van der Waals surface area (Å²) in [4.78, 5) is 0. The Kier molecular flexibility index (Phi) is 6.32. The van der Waals surface area contributed by atoms with Crippen molar-refractivity contribution in [2.45, 2.75) is 57.6 Å². The summed E-state index contributed by atoms with van der Waals surface area (Å²) in [6, 6.07) is 0.0724. The number of aliphatic hydroxyl groups is 1. The maximum atomic E-state index is 12.3. The van der Waals surface area contributed by atoms with Crippen molar-refractivity contribution in [2.75, 3.05) is 12.3 Å². The third-order valence-electron chi connectivity index (χ3n) is 3.36. The van der Waals surface area contributed by atoms with E-state index < -0.39 is 16.1 Å². The molecule has 0 bridgehead atoms. The van der Waals surface area contributed by atoms with Crippen LogP contribution in [0.3, 0.4) is 0 Å². The largest absolute Gasteiger partial charge is 0.392 e. The summed E-state index contributed by atoms with van der Waals surface area (Å²) in [6.07, 6.45) is 6.65. The lowest BCUT2D eigenvalue weighted by molar-refractivity contribution is 0.136. The molecule has 1 saturated carbocycles. The molecule has 1 fully saturated rings. The van der Waals surface area contributed by atoms with Gasteiger partial charge in [-0.3, -0.25) is 0 Å². The molecule has 5 heteroatoms. The smallest absolute Gasteiger partial charge is 0.214 e. The summed E-state index contributed by atoms with van der Waals surface area (Å²) in [5, 5.41) is 9.52. The van der Waals surface area contributed by atoms with E-state index in [4.69, 9.17) is 0 Å². The highest BCUT2D eigenvalue weighted by molar-refractivity contribution is 7.89. The van der Waals surface area contributed by atoms with E-state index in [-0.39, 0.29) is 18.3 Å². The van der Waals surface area contributed by atoms with E-state index in [9.17, 15) is 13.5 Å². The van der Waals surface area contributed by atoms with E-state index in [0.717, 1.165) is 25.7 Å². The first-order valence-electron chi connectivity index (χ1n) is 6.76. The Morgan fingerprint density at radius 1 is 1.39 bits per heavy atom. The van der Waals surface area contributed by atoms with Crippen molar-refractivity contribution >= 4 is 10.0 Å². The molecule has 106 valence electrons. The van der Waals surface area contributed by atoms with Crippen molar-refractivity contribution in [3.05, 3.63) is 12.7 Å². The molecule has 0 aromatic heterocycles. The van der Waals surface area contributed by atoms with Crippen molar-refractivity contribution in [1.82, 2.24) is 4.31 Å². The van der Waals surface area contributed by atoms with Gasteiger partial charge in [-0.1, -0.05) is 25.3 Å². The van der Waals surface area contributed by atoms with E-state index in [1.54, 1.807) is 13.0 Å². The third kappa shape index (κ3) is 4.71. The lowest BCUT2D eigenvalue weighted by atomic mass is 9.95. The van der Waals surface area contributed by atoms with E-state index in [2.05, 4.69) is 6.58 Å². The normalized spacial score (nSPS) is 19.9. The zero-order valence-electron chi connectivity index (χ0n) is 11.2. The quantitative estimate of drug-likeness (QED) is 0.722. The highest BCUT2D eigenvalue weighted by atomic mass is 32.2. The second-order valence-corrected chi connectivity index (χ2v) is 7.14. The molecule has 0 aromatic rings. The van der Waals surface area contributed by atoms with Gasteiger partial charge in [0.2, 0.25) is 10.0 Å². The Bertz CT molecular complexity index is 345. The van der Waals surface area contributed by atoms with Gasteiger partial charge < -0.3 is 5.11 Å². The summed E-state index contributed by atoms with van der Waals surface area (Å²) in [6.45, 7) is 5.41. The fourth-order valence-corrected chi connectivity index (χ4v) is 4.28. The molecule has 0 radical (unpaired) electrons. The van der Waals surface area contributed by atoms with Crippen molar-refractivity contribution in [1.29, 1.82) is 0 Å². The minimum absolute atomic E-state index is 0.0724. The van der Waals surface area contributed by atoms with E-state index >= 15 is 0 Å². The molecule has 1 atom stereocenters. The van der Waals surface area contributed by atoms with Crippen molar-refractivity contribution in [3.8, 4) is 0 Å². The van der Waals surface area contributed by atoms with Gasteiger partial charge in [0.15, 0.2) is 0 Å². The Morgan fingerprint density at radius 2 is 2.00 bits per heavy atom. The minimum atomic E-state index is -3.28. The van der Waals surface area contributed by atoms with Crippen LogP contribution in [0.2, 0.25) is 0 Å². The van der Waals surface area contributed by atoms with Crippen LogP contribution in [0.15, 0.2) is 12.7 Å². The SMILES string of the molecule is C=CCCS(=O)(=O)N(CC(C)O)C1CCCCC1. The first kappa shape index (κ1) is 15.7. The summed E-state index contributed by atoms with van der Waals surface area (Å²) < 4.78 is 26.1. The number of sulfonamides is 1. The molecule has 1 N–H and O–H groups in total. The minimum Gasteiger partial charge on any atom is -0.392 e. The van der Waals surface area contributed by atoms with Gasteiger partial charge in [0.05, 0.1) is 11.9 Å². The molecule has 0 saturated heterocycles. The number of hydrogen-bond donors (Lipinski definition) is 1. The molecule has 18 heavy (non-hydrogen) atoms. The van der Waals surface area contributed by atoms with Gasteiger partial charge in [-0.2, -0.15) is 4.31 Å². The van der Waals surface area contributed by atoms with Gasteiger partial charge in [0, 0.05) is 12.6 Å². The Labute approximate surface area is 111 Å². The van der Waals surface area contributed by atoms with Gasteiger partial charge >= 0.3 is 0 Å². The van der Waals surface area contributed by atoms with Crippen LogP contribution in [0.25, 0.3) is 0 Å². The van der Waals surface area contributed by atoms with Crippen LogP contribution in [0.4, 0.5) is 0 Å². The third-order valence-corrected chi connectivity index (χ3v) is 5.28. The van der Waals surface area contributed by atoms with Crippen molar-refractivity contribution < 1.29 is 13.5 Å². The van der Waals surface area contributed by atoms with Crippen LogP contribution in [0, 0.1) is 0 Å². The predicted molar refractivity (Wildman–Crippen MR) is 73.9 cm³/mol. The molecule has 0 amide bonds. The zero-order chi connectivity index (χ0) is 13.6. The Morgan fingerprint density at radius 3 is 2.50 bits per heavy atom. The summed E-state index contributed by atoms with van der Waals surface area (Å²) in [5.74, 6) is 0.0969. The van der Waals surface area contributed by atoms with Gasteiger partial charge in [-0.05, 0) is 26.2 Å². The molecular formula is C13H25NO3S. The number of aliphatic hydroxyl groups excluding tert-OH is 1. The molecule has 1 aliphatic carbocycles. The van der Waals surface area contributed by atoms with Crippen LogP contribution < -0.4 is 0 Å². The Balaban J connectivity index is 2.78. The Hall–Kier alpha value is -0.390. The van der Waals surface area contributed by atoms with Gasteiger partial charge in [-0.25, -0.2) is 8.42 Å². The first-order chi connectivity index (χ1) is 8.47. The monoisotopic (exact) mass is 275 g/mol. The number of hydrogen-bond acceptors (Lipinski definition) is 3. The van der Waals surface area contributed by atoms with Crippen LogP contribution >= 0.6 is 0 Å². The number of allylic oxidation sites excluding steroid dienone is 1. The van der Waals surface area contributed by atoms with Gasteiger partial charge in [0.25, 0.3) is 0 Å². The molecule has 0 spiro atoms. The van der Waals surface area contributed by atoms with E-state index in [0.29, 0.717) is 6.42 Å². The fraction of sp³-hybridized carbons (Fsp3) is 0.846. The average molecular weight is 275 g/mol. The van der Waals surface area contributed by atoms with Crippen LogP contribution in [-0.2, 0) is 10.0 Å². The van der Waals surface area contributed by atoms with Gasteiger partial charge in [0.1, 0.15) is 0 Å². The average Bonchev–Trinajstić information content (AvgIpc) is 2.34. The highest BCUT2D eigenvalue weighted by Crippen LogP contribution is 2.25. The molecule has 1 aliphatic rings. The molecule has 1 rings (SSSR count). The molecule has 0 heterocycles. The standard InChI is InChI=1S/C13H25NO3S/c1-3-4-10-18(16,17)14(11-12(2)15)13-8-6-5-7-9-13/h3,12-13,15H,1,4-11H2,2H3. The topological polar surface area (TPSA) is 57.6 Å². The summed E-state index contributed by atoms with van der Waals surface area (Å²) in [5.41, 5.74) is 0. The van der Waals surface area contributed by atoms with Crippen LogP contribution in [0.1, 0.15) is 45.4 Å². The zero-order valence-corrected chi connectivity index (χ0v) is 12.0. The van der Waals surface area contributed by atoms with Gasteiger partial charge in [-0.15, -0.1) is 6.58 Å². The maximum absolute atomic E-state index is 12.3. The number of nitrogens with zero attached hydrogens (tertiary/aromatic N) is 1. The second kappa shape index (κ2) is 7.26. The molecule has 1 unspecified atom stereocenters. The van der Waals surface area contributed by atoms with Crippen LogP contribution in [0.5, 0.6) is 0 Å². The lowest BCUT2D eigenvalue weighted by Crippen LogP contribution is -2.45. The molecular weight excluding hydrogens is 250 g/mol. The summed E-state index contributed by atoms with van der Waals surface area (Å²) >= 11 is 0. The van der Waals surface area contributed by atoms with Crippen LogP contribution in [-0.4, -0.2) is 42.3 Å². The summed E-state index contributed by atoms with van der Waals surface area (Å²) in [7, 11) is -3.28. The molecule has 0 aliphatic heterocycles. The molecule has 4 nitrogen and oxygen atoms in total. The van der Waals surface area contributed by atoms with Crippen molar-refractivity contribution in [3.63, 3.8) is 0 Å². The predicted octanol–water partition coefficient (Wildman–Crippen LogP) is 1.91. The number of rotatable bonds is 7. The fourth-order valence-electron chi connectivity index (χ4n) is 2.47. The van der Waals surface area contributed by atoms with E-state index in [1.807, 2.05) is 0 Å². The van der Waals surface area contributed by atoms with Crippen molar-refractivity contribution in [2.24, 2.45) is 0 Å². The highest BCUT2D eigenvalue weighted by Gasteiger charge is 2.31. The maximum Gasteiger partial charge on any atom is 0.214 e. The lowest BCUT2D eigenvalue weighted by Gasteiger charge is -2.34. The first-order valence-corrected chi connectivity index (χ1v) is 8.36. The second-order valence-electron chi connectivity index (χ2n) is 5.10. The van der Waals surface area contributed by atoms with E-state index in [1.165, 1.54) is 10.7 Å². The molecule has 0 aromatic carbocycles.